The molecule has 4 saturated heterocycles. The maximum Gasteiger partial charge on any atom is 0.340 e. The summed E-state index contributed by atoms with van der Waals surface area (Å²) in [5.74, 6) is -1.21. The van der Waals surface area contributed by atoms with Crippen molar-refractivity contribution in [1.29, 1.82) is 0 Å². The van der Waals surface area contributed by atoms with Crippen molar-refractivity contribution in [3.8, 4) is 0 Å². The zero-order valence-corrected chi connectivity index (χ0v) is 46.3. The van der Waals surface area contributed by atoms with E-state index in [0.717, 1.165) is 25.7 Å². The number of aromatic nitrogens is 1. The van der Waals surface area contributed by atoms with Crippen LogP contribution < -0.4 is 0 Å². The van der Waals surface area contributed by atoms with Gasteiger partial charge in [-0.05, 0) is 107 Å². The van der Waals surface area contributed by atoms with Crippen LogP contribution in [-0.4, -0.2) is 230 Å². The summed E-state index contributed by atoms with van der Waals surface area (Å²) in [7, 11) is 3.08. The fourth-order valence-corrected chi connectivity index (χ4v) is 15.3. The van der Waals surface area contributed by atoms with Crippen molar-refractivity contribution >= 4 is 11.9 Å². The predicted octanol–water partition coefficient (Wildman–Crippen LogP) is 0.137. The average Bonchev–Trinajstić information content (AvgIpc) is 2.68. The summed E-state index contributed by atoms with van der Waals surface area (Å²) in [6.07, 6.45) is -15.2. The number of carbonyl (C=O) groups excluding carboxylic acids is 2. The van der Waals surface area contributed by atoms with Crippen LogP contribution in [0.4, 0.5) is 0 Å². The molecule has 28 unspecified atom stereocenters. The summed E-state index contributed by atoms with van der Waals surface area (Å²) >= 11 is 0. The molecular formula is C55H85NO23. The number of aliphatic hydroxyl groups is 9. The van der Waals surface area contributed by atoms with Gasteiger partial charge in [0.2, 0.25) is 0 Å². The first-order valence-electron chi connectivity index (χ1n) is 28.1. The van der Waals surface area contributed by atoms with Crippen molar-refractivity contribution in [2.75, 3.05) is 27.4 Å². The summed E-state index contributed by atoms with van der Waals surface area (Å²) < 4.78 is 73.2. The maximum atomic E-state index is 13.3. The van der Waals surface area contributed by atoms with Gasteiger partial charge >= 0.3 is 11.9 Å². The van der Waals surface area contributed by atoms with Crippen LogP contribution in [0.3, 0.4) is 0 Å². The van der Waals surface area contributed by atoms with Crippen LogP contribution in [0.2, 0.25) is 0 Å². The third-order valence-electron chi connectivity index (χ3n) is 19.9. The Balaban J connectivity index is 0.791. The minimum absolute atomic E-state index is 0.0429. The van der Waals surface area contributed by atoms with Crippen molar-refractivity contribution in [2.24, 2.45) is 28.6 Å². The molecule has 9 N–H and O–H groups in total. The molecule has 79 heavy (non-hydrogen) atoms. The van der Waals surface area contributed by atoms with Gasteiger partial charge < -0.3 is 103 Å². The number of fused-ring (bicyclic) bond motifs is 5. The number of carbonyl (C=O) groups is 2. The lowest BCUT2D eigenvalue weighted by molar-refractivity contribution is -0.360. The molecule has 5 heterocycles. The van der Waals surface area contributed by atoms with E-state index in [4.69, 9.17) is 56.8 Å². The van der Waals surface area contributed by atoms with Crippen molar-refractivity contribution in [2.45, 2.75) is 246 Å². The largest absolute Gasteiger partial charge is 0.462 e. The highest BCUT2D eigenvalue weighted by Crippen LogP contribution is 2.71. The van der Waals surface area contributed by atoms with Crippen LogP contribution in [0.25, 0.3) is 0 Å². The maximum absolute atomic E-state index is 13.3. The molecular weight excluding hydrogens is 1040 g/mol. The fourth-order valence-electron chi connectivity index (χ4n) is 15.3. The Kier molecular flexibility index (Phi) is 18.6. The van der Waals surface area contributed by atoms with E-state index in [1.807, 2.05) is 6.92 Å². The molecule has 28 atom stereocenters. The van der Waals surface area contributed by atoms with Gasteiger partial charge in [0.25, 0.3) is 0 Å². The first kappa shape index (κ1) is 60.9. The molecule has 8 fully saturated rings. The molecule has 4 saturated carbocycles. The van der Waals surface area contributed by atoms with Crippen LogP contribution in [0.1, 0.15) is 116 Å². The third-order valence-corrected chi connectivity index (χ3v) is 19.9. The lowest BCUT2D eigenvalue weighted by Gasteiger charge is -2.66. The summed E-state index contributed by atoms with van der Waals surface area (Å²) in [6.45, 7) is 9.46. The zero-order chi connectivity index (χ0) is 57.1. The Morgan fingerprint density at radius 3 is 1.97 bits per heavy atom. The molecule has 1 aromatic rings. The molecule has 0 radical (unpaired) electrons. The SMILES string of the molecule is COC1CC(OC2CCC3(C)C(CCC4C3CC(OC(C)=O)C3(C)C(O)(C(C)OC(=O)c5cccnc5)CCC43O)C2)OC(C)C1OC1CC(OC)C(OC2OC(COC3OC(CO)C(O)C(O)C3O)C(O)C(O)C2O)C(C)O1. The number of ether oxygens (including phenoxy) is 12. The molecule has 4 aliphatic heterocycles. The monoisotopic (exact) mass is 1130 g/mol. The number of esters is 2. The molecule has 1 aromatic heterocycles. The Morgan fingerprint density at radius 2 is 1.35 bits per heavy atom. The Bertz CT molecular complexity index is 2220. The highest BCUT2D eigenvalue weighted by Gasteiger charge is 2.77. The van der Waals surface area contributed by atoms with Gasteiger partial charge in [-0.1, -0.05) is 13.8 Å². The van der Waals surface area contributed by atoms with E-state index in [2.05, 4.69) is 11.9 Å². The number of methoxy groups -OCH3 is 2. The number of hydrogen-bond donors (Lipinski definition) is 9. The molecule has 0 aromatic carbocycles. The second-order valence-electron chi connectivity index (χ2n) is 24.0. The van der Waals surface area contributed by atoms with Gasteiger partial charge in [-0.25, -0.2) is 4.79 Å². The molecule has 24 nitrogen and oxygen atoms in total. The van der Waals surface area contributed by atoms with Crippen LogP contribution in [0, 0.1) is 28.6 Å². The van der Waals surface area contributed by atoms with E-state index >= 15 is 0 Å². The van der Waals surface area contributed by atoms with Gasteiger partial charge in [0.05, 0.1) is 60.3 Å². The van der Waals surface area contributed by atoms with Gasteiger partial charge in [-0.3, -0.25) is 9.78 Å². The van der Waals surface area contributed by atoms with E-state index in [0.29, 0.717) is 19.3 Å². The minimum atomic E-state index is -1.76. The number of rotatable bonds is 16. The third kappa shape index (κ3) is 11.2. The summed E-state index contributed by atoms with van der Waals surface area (Å²) in [6, 6.07) is 3.21. The summed E-state index contributed by atoms with van der Waals surface area (Å²) in [4.78, 5) is 30.1. The van der Waals surface area contributed by atoms with Crippen LogP contribution in [0.5, 0.6) is 0 Å². The van der Waals surface area contributed by atoms with Crippen molar-refractivity contribution in [3.63, 3.8) is 0 Å². The second-order valence-corrected chi connectivity index (χ2v) is 24.0. The molecule has 8 aliphatic rings. The molecule has 4 aliphatic carbocycles. The van der Waals surface area contributed by atoms with Crippen LogP contribution in [-0.2, 0) is 61.6 Å². The van der Waals surface area contributed by atoms with Gasteiger partial charge in [0.15, 0.2) is 25.2 Å². The Morgan fingerprint density at radius 1 is 0.734 bits per heavy atom. The van der Waals surface area contributed by atoms with E-state index in [1.54, 1.807) is 46.2 Å². The van der Waals surface area contributed by atoms with E-state index in [9.17, 15) is 55.5 Å². The Labute approximate surface area is 460 Å². The van der Waals surface area contributed by atoms with Gasteiger partial charge in [-0.2, -0.15) is 0 Å². The second kappa shape index (κ2) is 24.1. The summed E-state index contributed by atoms with van der Waals surface area (Å²) in [5, 5.41) is 98.8. The lowest BCUT2D eigenvalue weighted by atomic mass is 9.42. The molecule has 0 amide bonds. The smallest absolute Gasteiger partial charge is 0.340 e. The highest BCUT2D eigenvalue weighted by molar-refractivity contribution is 5.89. The minimum Gasteiger partial charge on any atom is -0.462 e. The first-order chi connectivity index (χ1) is 37.4. The fraction of sp³-hybridized carbons (Fsp3) is 0.873. The number of aliphatic hydroxyl groups excluding tert-OH is 7. The van der Waals surface area contributed by atoms with E-state index in [-0.39, 0.29) is 54.1 Å². The molecule has 0 spiro atoms. The van der Waals surface area contributed by atoms with Gasteiger partial charge in [-0.15, -0.1) is 0 Å². The highest BCUT2D eigenvalue weighted by atomic mass is 16.8. The van der Waals surface area contributed by atoms with Crippen molar-refractivity contribution < 1.29 is 112 Å². The average molecular weight is 1130 g/mol. The van der Waals surface area contributed by atoms with Crippen molar-refractivity contribution in [3.05, 3.63) is 30.1 Å². The quantitative estimate of drug-likeness (QED) is 0.0785. The molecule has 24 heteroatoms. The molecule has 9 rings (SSSR count). The van der Waals surface area contributed by atoms with E-state index in [1.165, 1.54) is 20.2 Å². The normalized spacial score (nSPS) is 49.4. The number of nitrogens with zero attached hydrogens (tertiary/aromatic N) is 1. The topological polar surface area (TPSA) is 340 Å². The first-order valence-corrected chi connectivity index (χ1v) is 28.1. The van der Waals surface area contributed by atoms with Gasteiger partial charge in [0.1, 0.15) is 78.8 Å². The lowest BCUT2D eigenvalue weighted by Crippen LogP contribution is -2.72. The number of pyridine rings is 1. The number of hydrogen-bond acceptors (Lipinski definition) is 24. The summed E-state index contributed by atoms with van der Waals surface area (Å²) in [5.41, 5.74) is -4.52. The van der Waals surface area contributed by atoms with Crippen LogP contribution in [0.15, 0.2) is 24.5 Å². The standard InChI is InChI=1S/C55H85NO23/c1-25-47(78-40-21-35(69-8)48(26(2)72-40)79-51-46(64)44(62)42(60)37(77-51)24-70-50-45(63)43(61)41(59)36(23-57)76-50)34(68-7)20-39(71-25)75-31-13-14-52(5)30(18-31)11-12-32-33(52)19-38(74-28(4)58)53(6)54(66,15-16-55(32,53)67)27(3)73-49(65)29-10-9-17-56-22-29/h9-10,17,22,25-27,30-48,50-51,57,59-64,66-67H,11-16,18-21,23-24H2,1-8H3. The van der Waals surface area contributed by atoms with E-state index < -0.39 is 165 Å². The van der Waals surface area contributed by atoms with Crippen molar-refractivity contribution in [1.82, 2.24) is 4.98 Å². The Hall–Kier alpha value is -2.67. The predicted molar refractivity (Wildman–Crippen MR) is 269 cm³/mol. The molecule has 448 valence electrons. The van der Waals surface area contributed by atoms with Crippen LogP contribution >= 0.6 is 0 Å². The zero-order valence-electron chi connectivity index (χ0n) is 46.3. The van der Waals surface area contributed by atoms with Gasteiger partial charge in [0, 0.05) is 46.4 Å². The molecule has 0 bridgehead atoms.